The number of amides is 2. The second-order valence-electron chi connectivity index (χ2n) is 5.96. The molecule has 0 saturated carbocycles. The van der Waals surface area contributed by atoms with Crippen LogP contribution in [0.15, 0.2) is 18.2 Å². The zero-order valence-electron chi connectivity index (χ0n) is 12.8. The van der Waals surface area contributed by atoms with Gasteiger partial charge in [0.15, 0.2) is 0 Å². The van der Waals surface area contributed by atoms with Crippen LogP contribution < -0.4 is 5.32 Å². The molecule has 0 radical (unpaired) electrons. The number of nitrogens with one attached hydrogen (secondary N) is 1. The van der Waals surface area contributed by atoms with Crippen LogP contribution in [0.4, 0.5) is 10.5 Å². The van der Waals surface area contributed by atoms with Gasteiger partial charge < -0.3 is 15.3 Å². The fourth-order valence-corrected chi connectivity index (χ4v) is 2.68. The number of benzene rings is 1. The van der Waals surface area contributed by atoms with E-state index >= 15 is 0 Å². The van der Waals surface area contributed by atoms with Crippen LogP contribution in [-0.4, -0.2) is 35.1 Å². The first-order valence-electron chi connectivity index (χ1n) is 7.24. The lowest BCUT2D eigenvalue weighted by atomic mass is 9.90. The second kappa shape index (κ2) is 5.76. The van der Waals surface area contributed by atoms with E-state index in [4.69, 9.17) is 0 Å². The predicted octanol–water partition coefficient (Wildman–Crippen LogP) is 2.89. The molecule has 5 heteroatoms. The Kier molecular flexibility index (Phi) is 4.21. The van der Waals surface area contributed by atoms with Gasteiger partial charge in [0.05, 0.1) is 5.41 Å². The van der Waals surface area contributed by atoms with E-state index in [1.54, 1.807) is 11.8 Å². The van der Waals surface area contributed by atoms with Gasteiger partial charge in [-0.3, -0.25) is 4.79 Å². The van der Waals surface area contributed by atoms with Crippen LogP contribution in [0.1, 0.15) is 31.4 Å². The van der Waals surface area contributed by atoms with Crippen molar-refractivity contribution >= 4 is 17.7 Å². The summed E-state index contributed by atoms with van der Waals surface area (Å²) in [6, 6.07) is 5.61. The Balaban J connectivity index is 2.03. The van der Waals surface area contributed by atoms with Gasteiger partial charge in [0, 0.05) is 18.8 Å². The maximum Gasteiger partial charge on any atom is 0.321 e. The number of carboxylic acids is 1. The van der Waals surface area contributed by atoms with E-state index in [2.05, 4.69) is 12.2 Å². The van der Waals surface area contributed by atoms with Crippen molar-refractivity contribution in [2.45, 2.75) is 33.6 Å². The zero-order chi connectivity index (χ0) is 15.6. The zero-order valence-corrected chi connectivity index (χ0v) is 12.8. The summed E-state index contributed by atoms with van der Waals surface area (Å²) in [6.07, 6.45) is 1.45. The topological polar surface area (TPSA) is 69.6 Å². The molecular weight excluding hydrogens is 268 g/mol. The van der Waals surface area contributed by atoms with E-state index in [1.807, 2.05) is 25.1 Å². The van der Waals surface area contributed by atoms with Crippen LogP contribution in [0, 0.1) is 12.3 Å². The van der Waals surface area contributed by atoms with Crippen molar-refractivity contribution in [3.8, 4) is 0 Å². The average molecular weight is 290 g/mol. The highest BCUT2D eigenvalue weighted by molar-refractivity contribution is 5.90. The Morgan fingerprint density at radius 2 is 2.14 bits per heavy atom. The normalized spacial score (nSPS) is 21.4. The molecule has 1 atom stereocenters. The summed E-state index contributed by atoms with van der Waals surface area (Å²) in [5.74, 6) is -0.846. The number of carbonyl (C=O) groups is 2. The number of carbonyl (C=O) groups excluding carboxylic acids is 1. The van der Waals surface area contributed by atoms with Gasteiger partial charge in [-0.25, -0.2) is 4.79 Å². The Hall–Kier alpha value is -2.04. The number of hydrogen-bond acceptors (Lipinski definition) is 2. The molecule has 0 aliphatic carbocycles. The lowest BCUT2D eigenvalue weighted by Gasteiger charge is -2.20. The number of anilines is 1. The van der Waals surface area contributed by atoms with Gasteiger partial charge in [0.1, 0.15) is 0 Å². The van der Waals surface area contributed by atoms with Crippen molar-refractivity contribution in [1.82, 2.24) is 4.90 Å². The van der Waals surface area contributed by atoms with Gasteiger partial charge in [-0.15, -0.1) is 0 Å². The second-order valence-corrected chi connectivity index (χ2v) is 5.96. The van der Waals surface area contributed by atoms with Crippen molar-refractivity contribution in [2.24, 2.45) is 5.41 Å². The van der Waals surface area contributed by atoms with Gasteiger partial charge in [-0.05, 0) is 49.9 Å². The molecule has 2 amide bonds. The molecule has 1 aliphatic rings. The van der Waals surface area contributed by atoms with Gasteiger partial charge >= 0.3 is 12.0 Å². The molecule has 0 aromatic heterocycles. The Morgan fingerprint density at radius 3 is 2.67 bits per heavy atom. The standard InChI is InChI=1S/C16H22N2O3/c1-4-12-5-6-13(9-11(12)2)17-15(21)18-8-7-16(3,10-18)14(19)20/h5-6,9H,4,7-8,10H2,1-3H3,(H,17,21)(H,19,20). The van der Waals surface area contributed by atoms with Crippen LogP contribution in [-0.2, 0) is 11.2 Å². The minimum Gasteiger partial charge on any atom is -0.481 e. The summed E-state index contributed by atoms with van der Waals surface area (Å²) in [5, 5.41) is 12.0. The first-order chi connectivity index (χ1) is 9.85. The Bertz CT molecular complexity index is 571. The number of rotatable bonds is 3. The molecule has 21 heavy (non-hydrogen) atoms. The molecule has 1 aliphatic heterocycles. The molecule has 2 rings (SSSR count). The molecule has 0 bridgehead atoms. The molecular formula is C16H22N2O3. The van der Waals surface area contributed by atoms with Crippen LogP contribution in [0.25, 0.3) is 0 Å². The van der Waals surface area contributed by atoms with Crippen molar-refractivity contribution in [3.63, 3.8) is 0 Å². The number of aliphatic carboxylic acids is 1. The third kappa shape index (κ3) is 3.17. The fourth-order valence-electron chi connectivity index (χ4n) is 2.68. The molecule has 1 saturated heterocycles. The average Bonchev–Trinajstić information content (AvgIpc) is 2.83. The minimum absolute atomic E-state index is 0.233. The van der Waals surface area contributed by atoms with E-state index in [9.17, 15) is 14.7 Å². The molecule has 114 valence electrons. The summed E-state index contributed by atoms with van der Waals surface area (Å²) in [6.45, 7) is 6.52. The Labute approximate surface area is 125 Å². The van der Waals surface area contributed by atoms with E-state index in [1.165, 1.54) is 5.56 Å². The maximum absolute atomic E-state index is 12.2. The number of likely N-dealkylation sites (tertiary alicyclic amines) is 1. The van der Waals surface area contributed by atoms with E-state index < -0.39 is 11.4 Å². The fraction of sp³-hybridized carbons (Fsp3) is 0.500. The number of urea groups is 1. The monoisotopic (exact) mass is 290 g/mol. The van der Waals surface area contributed by atoms with Crippen LogP contribution in [0.2, 0.25) is 0 Å². The molecule has 1 heterocycles. The lowest BCUT2D eigenvalue weighted by Crippen LogP contribution is -2.37. The van der Waals surface area contributed by atoms with Gasteiger partial charge in [-0.2, -0.15) is 0 Å². The first-order valence-corrected chi connectivity index (χ1v) is 7.24. The third-order valence-electron chi connectivity index (χ3n) is 4.25. The van der Waals surface area contributed by atoms with Crippen molar-refractivity contribution in [1.29, 1.82) is 0 Å². The quantitative estimate of drug-likeness (QED) is 0.899. The largest absolute Gasteiger partial charge is 0.481 e. The summed E-state index contributed by atoms with van der Waals surface area (Å²) < 4.78 is 0. The van der Waals surface area contributed by atoms with Crippen molar-refractivity contribution in [2.75, 3.05) is 18.4 Å². The predicted molar refractivity (Wildman–Crippen MR) is 81.5 cm³/mol. The summed E-state index contributed by atoms with van der Waals surface area (Å²) in [5.41, 5.74) is 2.32. The first kappa shape index (κ1) is 15.4. The van der Waals surface area contributed by atoms with Crippen LogP contribution >= 0.6 is 0 Å². The van der Waals surface area contributed by atoms with Crippen molar-refractivity contribution < 1.29 is 14.7 Å². The highest BCUT2D eigenvalue weighted by Gasteiger charge is 2.42. The summed E-state index contributed by atoms with van der Waals surface area (Å²) >= 11 is 0. The highest BCUT2D eigenvalue weighted by atomic mass is 16.4. The van der Waals surface area contributed by atoms with Gasteiger partial charge in [0.25, 0.3) is 0 Å². The van der Waals surface area contributed by atoms with E-state index in [-0.39, 0.29) is 12.6 Å². The minimum atomic E-state index is -0.846. The smallest absolute Gasteiger partial charge is 0.321 e. The van der Waals surface area contributed by atoms with Crippen LogP contribution in [0.5, 0.6) is 0 Å². The van der Waals surface area contributed by atoms with E-state index in [0.717, 1.165) is 17.7 Å². The van der Waals surface area contributed by atoms with Gasteiger partial charge in [-0.1, -0.05) is 13.0 Å². The highest BCUT2D eigenvalue weighted by Crippen LogP contribution is 2.30. The lowest BCUT2D eigenvalue weighted by molar-refractivity contribution is -0.146. The van der Waals surface area contributed by atoms with Crippen LogP contribution in [0.3, 0.4) is 0 Å². The summed E-state index contributed by atoms with van der Waals surface area (Å²) in [4.78, 5) is 25.0. The molecule has 1 unspecified atom stereocenters. The van der Waals surface area contributed by atoms with Crippen molar-refractivity contribution in [3.05, 3.63) is 29.3 Å². The number of carboxylic acid groups (broad SMARTS) is 1. The third-order valence-corrected chi connectivity index (χ3v) is 4.25. The number of nitrogens with zero attached hydrogens (tertiary/aromatic N) is 1. The molecule has 1 aromatic rings. The molecule has 5 nitrogen and oxygen atoms in total. The molecule has 1 fully saturated rings. The Morgan fingerprint density at radius 1 is 1.43 bits per heavy atom. The number of aryl methyl sites for hydroxylation is 2. The van der Waals surface area contributed by atoms with Gasteiger partial charge in [0.2, 0.25) is 0 Å². The molecule has 1 aromatic carbocycles. The summed E-state index contributed by atoms with van der Waals surface area (Å²) in [7, 11) is 0. The number of hydrogen-bond donors (Lipinski definition) is 2. The SMILES string of the molecule is CCc1ccc(NC(=O)N2CCC(C)(C(=O)O)C2)cc1C. The van der Waals surface area contributed by atoms with E-state index in [0.29, 0.717) is 13.0 Å². The maximum atomic E-state index is 12.2. The molecule has 0 spiro atoms. The molecule has 2 N–H and O–H groups in total.